The zero-order chi connectivity index (χ0) is 12.4. The zero-order valence-electron chi connectivity index (χ0n) is 10.7. The molecule has 2 saturated heterocycles. The highest BCUT2D eigenvalue weighted by Crippen LogP contribution is 2.35. The van der Waals surface area contributed by atoms with Crippen molar-refractivity contribution in [2.75, 3.05) is 17.2 Å². The fourth-order valence-electron chi connectivity index (χ4n) is 2.74. The fourth-order valence-corrected chi connectivity index (χ4v) is 2.74. The van der Waals surface area contributed by atoms with E-state index in [4.69, 9.17) is 4.74 Å². The van der Waals surface area contributed by atoms with Gasteiger partial charge in [-0.15, -0.1) is 0 Å². The standard InChI is InChI=1S/C13H20N4O/c1-2-6-14-13-15-7-5-12(17-13)16-10-8-9-3-4-11(10)18-9/h5,7,9-11H,2-4,6,8H2,1H3,(H2,14,15,16,17). The average Bonchev–Trinajstić information content (AvgIpc) is 2.99. The van der Waals surface area contributed by atoms with E-state index < -0.39 is 0 Å². The minimum Gasteiger partial charge on any atom is -0.373 e. The summed E-state index contributed by atoms with van der Waals surface area (Å²) < 4.78 is 5.83. The van der Waals surface area contributed by atoms with Crippen molar-refractivity contribution in [2.24, 2.45) is 0 Å². The largest absolute Gasteiger partial charge is 0.373 e. The number of ether oxygens (including phenoxy) is 1. The highest BCUT2D eigenvalue weighted by molar-refractivity contribution is 5.41. The molecule has 2 N–H and O–H groups in total. The molecule has 3 rings (SSSR count). The molecule has 1 aromatic heterocycles. The molecular weight excluding hydrogens is 228 g/mol. The Balaban J connectivity index is 1.62. The Kier molecular flexibility index (Phi) is 3.32. The summed E-state index contributed by atoms with van der Waals surface area (Å²) >= 11 is 0. The first-order valence-electron chi connectivity index (χ1n) is 6.84. The summed E-state index contributed by atoms with van der Waals surface area (Å²) in [5.74, 6) is 1.59. The van der Waals surface area contributed by atoms with Crippen LogP contribution in [0.4, 0.5) is 11.8 Å². The van der Waals surface area contributed by atoms with Crippen LogP contribution < -0.4 is 10.6 Å². The monoisotopic (exact) mass is 248 g/mol. The van der Waals surface area contributed by atoms with Gasteiger partial charge in [0.1, 0.15) is 5.82 Å². The summed E-state index contributed by atoms with van der Waals surface area (Å²) in [5.41, 5.74) is 0. The minimum absolute atomic E-state index is 0.372. The third kappa shape index (κ3) is 2.41. The van der Waals surface area contributed by atoms with Gasteiger partial charge in [0, 0.05) is 12.7 Å². The van der Waals surface area contributed by atoms with Gasteiger partial charge in [0.2, 0.25) is 5.95 Å². The van der Waals surface area contributed by atoms with E-state index in [1.165, 1.54) is 12.8 Å². The maximum atomic E-state index is 5.83. The van der Waals surface area contributed by atoms with Crippen LogP contribution in [0.2, 0.25) is 0 Å². The number of aromatic nitrogens is 2. The maximum Gasteiger partial charge on any atom is 0.224 e. The molecule has 2 aliphatic rings. The van der Waals surface area contributed by atoms with Crippen LogP contribution in [-0.4, -0.2) is 34.8 Å². The van der Waals surface area contributed by atoms with E-state index in [9.17, 15) is 0 Å². The Hall–Kier alpha value is -1.36. The highest BCUT2D eigenvalue weighted by Gasteiger charge is 2.40. The summed E-state index contributed by atoms with van der Waals surface area (Å²) in [5, 5.41) is 6.67. The van der Waals surface area contributed by atoms with Crippen LogP contribution in [0.15, 0.2) is 12.3 Å². The lowest BCUT2D eigenvalue weighted by molar-refractivity contribution is 0.102. The van der Waals surface area contributed by atoms with Gasteiger partial charge < -0.3 is 15.4 Å². The van der Waals surface area contributed by atoms with Crippen molar-refractivity contribution in [2.45, 2.75) is 50.9 Å². The Morgan fingerprint density at radius 3 is 3.11 bits per heavy atom. The molecule has 2 bridgehead atoms. The smallest absolute Gasteiger partial charge is 0.224 e. The van der Waals surface area contributed by atoms with E-state index in [1.807, 2.05) is 6.07 Å². The third-order valence-electron chi connectivity index (χ3n) is 3.63. The molecule has 3 atom stereocenters. The molecule has 98 valence electrons. The molecule has 2 fully saturated rings. The van der Waals surface area contributed by atoms with Crippen molar-refractivity contribution >= 4 is 11.8 Å². The first kappa shape index (κ1) is 11.7. The lowest BCUT2D eigenvalue weighted by Crippen LogP contribution is -2.30. The average molecular weight is 248 g/mol. The van der Waals surface area contributed by atoms with E-state index in [1.54, 1.807) is 6.20 Å². The van der Waals surface area contributed by atoms with Crippen molar-refractivity contribution in [3.8, 4) is 0 Å². The number of anilines is 2. The second-order valence-corrected chi connectivity index (χ2v) is 5.05. The third-order valence-corrected chi connectivity index (χ3v) is 3.63. The van der Waals surface area contributed by atoms with Gasteiger partial charge in [0.05, 0.1) is 18.2 Å². The lowest BCUT2D eigenvalue weighted by atomic mass is 9.95. The molecule has 18 heavy (non-hydrogen) atoms. The van der Waals surface area contributed by atoms with E-state index in [0.29, 0.717) is 24.2 Å². The topological polar surface area (TPSA) is 59.1 Å². The Morgan fingerprint density at radius 1 is 1.44 bits per heavy atom. The predicted octanol–water partition coefficient (Wildman–Crippen LogP) is 2.03. The molecule has 5 nitrogen and oxygen atoms in total. The van der Waals surface area contributed by atoms with Crippen molar-refractivity contribution in [3.63, 3.8) is 0 Å². The number of fused-ring (bicyclic) bond motifs is 2. The van der Waals surface area contributed by atoms with Gasteiger partial charge in [-0.05, 0) is 31.7 Å². The quantitative estimate of drug-likeness (QED) is 0.835. The van der Waals surface area contributed by atoms with Gasteiger partial charge in [0.15, 0.2) is 0 Å². The lowest BCUT2D eigenvalue weighted by Gasteiger charge is -2.20. The number of hydrogen-bond acceptors (Lipinski definition) is 5. The summed E-state index contributed by atoms with van der Waals surface area (Å²) in [6.07, 6.45) is 7.20. The maximum absolute atomic E-state index is 5.83. The normalized spacial score (nSPS) is 29.5. The second-order valence-electron chi connectivity index (χ2n) is 5.05. The summed E-state index contributed by atoms with van der Waals surface area (Å²) in [6.45, 7) is 3.03. The van der Waals surface area contributed by atoms with Crippen LogP contribution in [0.1, 0.15) is 32.6 Å². The van der Waals surface area contributed by atoms with Crippen molar-refractivity contribution in [1.82, 2.24) is 9.97 Å². The molecule has 0 aromatic carbocycles. The van der Waals surface area contributed by atoms with Crippen LogP contribution in [0.3, 0.4) is 0 Å². The number of hydrogen-bond donors (Lipinski definition) is 2. The SMILES string of the molecule is CCCNc1nccc(NC2CC3CCC2O3)n1. The number of rotatable bonds is 5. The van der Waals surface area contributed by atoms with Gasteiger partial charge in [-0.1, -0.05) is 6.92 Å². The van der Waals surface area contributed by atoms with Gasteiger partial charge in [-0.25, -0.2) is 4.98 Å². The van der Waals surface area contributed by atoms with E-state index in [-0.39, 0.29) is 0 Å². The van der Waals surface area contributed by atoms with E-state index in [2.05, 4.69) is 27.5 Å². The highest BCUT2D eigenvalue weighted by atomic mass is 16.5. The summed E-state index contributed by atoms with van der Waals surface area (Å²) in [4.78, 5) is 8.67. The number of nitrogens with zero attached hydrogens (tertiary/aromatic N) is 2. The number of nitrogens with one attached hydrogen (secondary N) is 2. The first-order valence-corrected chi connectivity index (χ1v) is 6.84. The van der Waals surface area contributed by atoms with E-state index in [0.717, 1.165) is 25.2 Å². The molecule has 0 amide bonds. The minimum atomic E-state index is 0.372. The summed E-state index contributed by atoms with van der Waals surface area (Å²) in [7, 11) is 0. The Bertz CT molecular complexity index is 412. The Labute approximate surface area is 107 Å². The fraction of sp³-hybridized carbons (Fsp3) is 0.692. The van der Waals surface area contributed by atoms with Crippen LogP contribution in [0.25, 0.3) is 0 Å². The summed E-state index contributed by atoms with van der Waals surface area (Å²) in [6, 6.07) is 2.33. The molecule has 0 aliphatic carbocycles. The van der Waals surface area contributed by atoms with Crippen LogP contribution in [-0.2, 0) is 4.74 Å². The molecule has 3 unspecified atom stereocenters. The molecule has 0 radical (unpaired) electrons. The first-order chi connectivity index (χ1) is 8.85. The molecular formula is C13H20N4O. The van der Waals surface area contributed by atoms with Gasteiger partial charge in [-0.2, -0.15) is 4.98 Å². The van der Waals surface area contributed by atoms with Crippen LogP contribution in [0.5, 0.6) is 0 Å². The molecule has 1 aromatic rings. The van der Waals surface area contributed by atoms with Crippen molar-refractivity contribution in [1.29, 1.82) is 0 Å². The molecule has 0 saturated carbocycles. The predicted molar refractivity (Wildman–Crippen MR) is 70.7 cm³/mol. The van der Waals surface area contributed by atoms with Crippen LogP contribution in [0, 0.1) is 0 Å². The van der Waals surface area contributed by atoms with Crippen molar-refractivity contribution < 1.29 is 4.74 Å². The van der Waals surface area contributed by atoms with Gasteiger partial charge in [0.25, 0.3) is 0 Å². The van der Waals surface area contributed by atoms with Crippen LogP contribution >= 0.6 is 0 Å². The molecule has 2 aliphatic heterocycles. The second kappa shape index (κ2) is 5.10. The molecule has 0 spiro atoms. The Morgan fingerprint density at radius 2 is 2.39 bits per heavy atom. The van der Waals surface area contributed by atoms with Gasteiger partial charge in [-0.3, -0.25) is 0 Å². The van der Waals surface area contributed by atoms with Crippen molar-refractivity contribution in [3.05, 3.63) is 12.3 Å². The molecule has 5 heteroatoms. The van der Waals surface area contributed by atoms with E-state index >= 15 is 0 Å². The zero-order valence-corrected chi connectivity index (χ0v) is 10.7. The van der Waals surface area contributed by atoms with Gasteiger partial charge >= 0.3 is 0 Å². The molecule has 3 heterocycles.